The van der Waals surface area contributed by atoms with E-state index in [1.165, 1.54) is 148 Å². The highest BCUT2D eigenvalue weighted by Crippen LogP contribution is 2.38. The Kier molecular flexibility index (Phi) is 54.2. The van der Waals surface area contributed by atoms with E-state index in [2.05, 4.69) is 116 Å². The summed E-state index contributed by atoms with van der Waals surface area (Å²) in [6, 6.07) is -0.807. The molecule has 2 N–H and O–H groups in total. The quantitative estimate of drug-likeness (QED) is 0.0272. The predicted molar refractivity (Wildman–Crippen MR) is 325 cm³/mol. The molecule has 0 heterocycles. The van der Waals surface area contributed by atoms with E-state index in [4.69, 9.17) is 9.05 Å². The largest absolute Gasteiger partial charge is 0.756 e. The van der Waals surface area contributed by atoms with Gasteiger partial charge in [-0.2, -0.15) is 0 Å². The van der Waals surface area contributed by atoms with E-state index in [-0.39, 0.29) is 19.1 Å². The zero-order valence-corrected chi connectivity index (χ0v) is 50.4. The van der Waals surface area contributed by atoms with Crippen LogP contribution in [0.2, 0.25) is 0 Å². The molecule has 75 heavy (non-hydrogen) atoms. The number of quaternary nitrogens is 1. The Morgan fingerprint density at radius 2 is 0.813 bits per heavy atom. The molecule has 0 rings (SSSR count). The number of hydrogen-bond acceptors (Lipinski definition) is 6. The van der Waals surface area contributed by atoms with E-state index in [0.717, 1.165) is 89.9 Å². The van der Waals surface area contributed by atoms with Crippen LogP contribution in [-0.2, 0) is 18.4 Å². The van der Waals surface area contributed by atoms with Crippen LogP contribution in [0.4, 0.5) is 0 Å². The Hall–Kier alpha value is -2.58. The van der Waals surface area contributed by atoms with Crippen LogP contribution in [-0.4, -0.2) is 68.5 Å². The number of nitrogens with zero attached hydrogens (tertiary/aromatic N) is 1. The fourth-order valence-corrected chi connectivity index (χ4v) is 9.49. The monoisotopic (exact) mass is 1070 g/mol. The maximum atomic E-state index is 13.0. The zero-order chi connectivity index (χ0) is 54.9. The van der Waals surface area contributed by atoms with Crippen molar-refractivity contribution in [2.24, 2.45) is 0 Å². The Morgan fingerprint density at radius 3 is 1.19 bits per heavy atom. The van der Waals surface area contributed by atoms with E-state index >= 15 is 0 Å². The summed E-state index contributed by atoms with van der Waals surface area (Å²) in [5, 5.41) is 14.0. The minimum atomic E-state index is -4.58. The van der Waals surface area contributed by atoms with Gasteiger partial charge >= 0.3 is 0 Å². The smallest absolute Gasteiger partial charge is 0.268 e. The number of carbonyl (C=O) groups is 1. The SMILES string of the molecule is CC/C=C\C/C=C\C/C=C\C/C=C\C/C=C\C/C=C\C/C=C\C/C=C\CCCCCCCCCCCCCCC(=O)NC(COP(=O)([O-])OCC[N+](C)(C)C)C(O)CCCCCCCCCCCCCCCCCC. The van der Waals surface area contributed by atoms with Crippen LogP contribution in [0.5, 0.6) is 0 Å². The van der Waals surface area contributed by atoms with Crippen LogP contribution in [0.1, 0.15) is 264 Å². The van der Waals surface area contributed by atoms with Gasteiger partial charge in [-0.25, -0.2) is 0 Å². The standard InChI is InChI=1S/C66H119N2O6P/c1-6-8-10-12-14-16-18-20-22-24-25-26-27-28-29-30-31-32-33-34-35-36-37-38-39-40-41-42-43-44-46-48-50-52-54-56-58-60-66(70)67-64(63-74-75(71,72)73-62-61-68(3,4)5)65(69)59-57-55-53-51-49-47-45-23-21-19-17-15-13-11-9-7-2/h8,10,14,16,20,22,25-26,28-29,31-32,34-35,37-38,64-65,69H,6-7,9,11-13,15,17-19,21,23-24,27,30,33,36,39-63H2,1-5H3,(H-,67,70,71,72)/b10-8-,16-14-,22-20-,26-25-,29-28-,32-31-,35-34-,38-37-. The average molecular weight is 1070 g/mol. The second-order valence-electron chi connectivity index (χ2n) is 22.0. The first kappa shape index (κ1) is 72.4. The number of amides is 1. The molecule has 0 aliphatic heterocycles. The highest BCUT2D eigenvalue weighted by Gasteiger charge is 2.24. The second kappa shape index (κ2) is 56.2. The third-order valence-corrected chi connectivity index (χ3v) is 14.6. The first-order valence-electron chi connectivity index (χ1n) is 31.1. The number of likely N-dealkylation sites (N-methyl/N-ethyl adjacent to an activating group) is 1. The summed E-state index contributed by atoms with van der Waals surface area (Å²) in [5.41, 5.74) is 0. The van der Waals surface area contributed by atoms with Crippen molar-refractivity contribution in [3.63, 3.8) is 0 Å². The molecule has 434 valence electrons. The third-order valence-electron chi connectivity index (χ3n) is 13.6. The van der Waals surface area contributed by atoms with Crippen molar-refractivity contribution in [1.29, 1.82) is 0 Å². The number of allylic oxidation sites excluding steroid dienone is 16. The van der Waals surface area contributed by atoms with Crippen LogP contribution in [0.15, 0.2) is 97.2 Å². The van der Waals surface area contributed by atoms with Crippen molar-refractivity contribution in [1.82, 2.24) is 5.32 Å². The first-order valence-corrected chi connectivity index (χ1v) is 32.5. The molecule has 8 nitrogen and oxygen atoms in total. The summed E-state index contributed by atoms with van der Waals surface area (Å²) < 4.78 is 23.4. The zero-order valence-electron chi connectivity index (χ0n) is 49.5. The highest BCUT2D eigenvalue weighted by molar-refractivity contribution is 7.45. The van der Waals surface area contributed by atoms with Crippen LogP contribution < -0.4 is 10.2 Å². The number of aliphatic hydroxyl groups excluding tert-OH is 1. The Morgan fingerprint density at radius 1 is 0.480 bits per heavy atom. The van der Waals surface area contributed by atoms with Gasteiger partial charge in [0, 0.05) is 6.42 Å². The molecule has 0 spiro atoms. The van der Waals surface area contributed by atoms with E-state index in [0.29, 0.717) is 23.9 Å². The van der Waals surface area contributed by atoms with E-state index in [9.17, 15) is 19.4 Å². The molecule has 3 unspecified atom stereocenters. The Bertz CT molecular complexity index is 1540. The van der Waals surface area contributed by atoms with E-state index < -0.39 is 20.0 Å². The van der Waals surface area contributed by atoms with Gasteiger partial charge in [-0.15, -0.1) is 0 Å². The molecule has 0 bridgehead atoms. The molecule has 0 aromatic rings. The van der Waals surface area contributed by atoms with Crippen LogP contribution in [0, 0.1) is 0 Å². The summed E-state index contributed by atoms with van der Waals surface area (Å²) in [6.07, 6.45) is 80.2. The number of phosphoric acid groups is 1. The lowest BCUT2D eigenvalue weighted by atomic mass is 10.0. The van der Waals surface area contributed by atoms with Gasteiger partial charge in [-0.3, -0.25) is 9.36 Å². The number of carbonyl (C=O) groups excluding carboxylic acids is 1. The van der Waals surface area contributed by atoms with Gasteiger partial charge in [0.2, 0.25) is 5.91 Å². The maximum absolute atomic E-state index is 13.0. The average Bonchev–Trinajstić information content (AvgIpc) is 3.37. The van der Waals surface area contributed by atoms with Gasteiger partial charge in [-0.1, -0.05) is 278 Å². The minimum Gasteiger partial charge on any atom is -0.756 e. The number of nitrogens with one attached hydrogen (secondary N) is 1. The molecule has 0 aliphatic rings. The van der Waals surface area contributed by atoms with Crippen LogP contribution in [0.25, 0.3) is 0 Å². The van der Waals surface area contributed by atoms with Gasteiger partial charge in [0.1, 0.15) is 13.2 Å². The maximum Gasteiger partial charge on any atom is 0.268 e. The lowest BCUT2D eigenvalue weighted by Crippen LogP contribution is -2.46. The number of aliphatic hydroxyl groups is 1. The minimum absolute atomic E-state index is 0.00880. The summed E-state index contributed by atoms with van der Waals surface area (Å²) in [5.74, 6) is -0.169. The lowest BCUT2D eigenvalue weighted by Gasteiger charge is -2.30. The molecule has 9 heteroatoms. The van der Waals surface area contributed by atoms with E-state index in [1.54, 1.807) is 0 Å². The van der Waals surface area contributed by atoms with E-state index in [1.807, 2.05) is 21.1 Å². The molecule has 0 aromatic heterocycles. The molecule has 0 saturated heterocycles. The molecule has 0 aliphatic carbocycles. The molecular weight excluding hydrogens is 948 g/mol. The summed E-state index contributed by atoms with van der Waals surface area (Å²) in [4.78, 5) is 25.6. The molecule has 0 fully saturated rings. The Balaban J connectivity index is 4.07. The third kappa shape index (κ3) is 58.9. The summed E-state index contributed by atoms with van der Waals surface area (Å²) in [6.45, 7) is 4.62. The lowest BCUT2D eigenvalue weighted by molar-refractivity contribution is -0.870. The first-order chi connectivity index (χ1) is 36.5. The summed E-state index contributed by atoms with van der Waals surface area (Å²) in [7, 11) is 1.30. The molecular formula is C66H119N2O6P. The topological polar surface area (TPSA) is 108 Å². The van der Waals surface area contributed by atoms with Gasteiger partial charge < -0.3 is 28.8 Å². The van der Waals surface area contributed by atoms with Crippen LogP contribution >= 0.6 is 7.82 Å². The number of hydrogen-bond donors (Lipinski definition) is 2. The normalized spacial score (nSPS) is 14.5. The molecule has 1 amide bonds. The molecule has 3 atom stereocenters. The summed E-state index contributed by atoms with van der Waals surface area (Å²) >= 11 is 0. The highest BCUT2D eigenvalue weighted by atomic mass is 31.2. The molecule has 0 radical (unpaired) electrons. The van der Waals surface area contributed by atoms with Crippen LogP contribution in [0.3, 0.4) is 0 Å². The fourth-order valence-electron chi connectivity index (χ4n) is 8.76. The van der Waals surface area contributed by atoms with Crippen molar-refractivity contribution in [3.05, 3.63) is 97.2 Å². The van der Waals surface area contributed by atoms with Crippen molar-refractivity contribution in [2.45, 2.75) is 276 Å². The second-order valence-corrected chi connectivity index (χ2v) is 23.4. The van der Waals surface area contributed by atoms with Gasteiger partial charge in [-0.05, 0) is 77.0 Å². The van der Waals surface area contributed by atoms with Crippen molar-refractivity contribution >= 4 is 13.7 Å². The molecule has 0 saturated carbocycles. The predicted octanol–water partition coefficient (Wildman–Crippen LogP) is 18.7. The Labute approximate surface area is 464 Å². The van der Waals surface area contributed by atoms with Gasteiger partial charge in [0.05, 0.1) is 39.9 Å². The number of unbranched alkanes of at least 4 members (excludes halogenated alkanes) is 27. The fraction of sp³-hybridized carbons (Fsp3) is 0.742. The van der Waals surface area contributed by atoms with Gasteiger partial charge in [0.25, 0.3) is 7.82 Å². The van der Waals surface area contributed by atoms with Gasteiger partial charge in [0.15, 0.2) is 0 Å². The van der Waals surface area contributed by atoms with Crippen molar-refractivity contribution in [3.8, 4) is 0 Å². The van der Waals surface area contributed by atoms with Crippen molar-refractivity contribution in [2.75, 3.05) is 40.9 Å². The number of phosphoric ester groups is 1. The molecule has 0 aromatic carbocycles. The van der Waals surface area contributed by atoms with Crippen molar-refractivity contribution < 1.29 is 32.9 Å². The number of rotatable bonds is 56.